The zero-order valence-corrected chi connectivity index (χ0v) is 10.6. The van der Waals surface area contributed by atoms with E-state index in [4.69, 9.17) is 10.3 Å². The van der Waals surface area contributed by atoms with Crippen molar-refractivity contribution >= 4 is 5.69 Å². The van der Waals surface area contributed by atoms with E-state index in [0.717, 1.165) is 5.56 Å². The van der Waals surface area contributed by atoms with E-state index in [0.29, 0.717) is 29.4 Å². The summed E-state index contributed by atoms with van der Waals surface area (Å²) in [5, 5.41) is 3.92. The Balaban J connectivity index is 1.80. The minimum Gasteiger partial charge on any atom is -0.399 e. The third-order valence-electron chi connectivity index (χ3n) is 2.90. The van der Waals surface area contributed by atoms with E-state index in [9.17, 15) is 4.39 Å². The van der Waals surface area contributed by atoms with E-state index >= 15 is 0 Å². The Morgan fingerprint density at radius 3 is 2.40 bits per heavy atom. The summed E-state index contributed by atoms with van der Waals surface area (Å²) in [5.74, 6) is 0.667. The highest BCUT2D eigenvalue weighted by atomic mass is 19.1. The lowest BCUT2D eigenvalue weighted by Crippen LogP contribution is -1.92. The first-order chi connectivity index (χ1) is 9.70. The van der Waals surface area contributed by atoms with Gasteiger partial charge in [0.15, 0.2) is 5.82 Å². The molecular weight excluding hydrogens is 257 g/mol. The Morgan fingerprint density at radius 1 is 1.00 bits per heavy atom. The smallest absolute Gasteiger partial charge is 0.257 e. The molecule has 20 heavy (non-hydrogen) atoms. The van der Waals surface area contributed by atoms with Crippen molar-refractivity contribution in [1.82, 2.24) is 10.1 Å². The fourth-order valence-electron chi connectivity index (χ4n) is 1.85. The number of benzene rings is 2. The molecule has 0 saturated heterocycles. The van der Waals surface area contributed by atoms with Crippen molar-refractivity contribution in [2.24, 2.45) is 0 Å². The standard InChI is InChI=1S/C15H12FN3O/c16-12-5-3-11(4-6-12)15-18-14(19-20-15)9-10-1-7-13(17)8-2-10/h1-8H,9,17H2. The number of nitrogens with two attached hydrogens (primary N) is 1. The van der Waals surface area contributed by atoms with Crippen LogP contribution in [0.25, 0.3) is 11.5 Å². The first-order valence-corrected chi connectivity index (χ1v) is 6.14. The second-order valence-corrected chi connectivity index (χ2v) is 4.44. The van der Waals surface area contributed by atoms with Gasteiger partial charge in [-0.3, -0.25) is 0 Å². The lowest BCUT2D eigenvalue weighted by molar-refractivity contribution is 0.424. The van der Waals surface area contributed by atoms with Crippen molar-refractivity contribution in [3.8, 4) is 11.5 Å². The molecule has 0 atom stereocenters. The third kappa shape index (κ3) is 2.66. The molecule has 5 heteroatoms. The molecule has 1 aromatic heterocycles. The molecule has 100 valence electrons. The lowest BCUT2D eigenvalue weighted by Gasteiger charge is -1.97. The number of aromatic nitrogens is 2. The molecule has 0 aliphatic heterocycles. The van der Waals surface area contributed by atoms with Crippen molar-refractivity contribution in [3.05, 3.63) is 65.7 Å². The van der Waals surface area contributed by atoms with Gasteiger partial charge >= 0.3 is 0 Å². The highest BCUT2D eigenvalue weighted by molar-refractivity contribution is 5.52. The number of anilines is 1. The highest BCUT2D eigenvalue weighted by Gasteiger charge is 2.09. The van der Waals surface area contributed by atoms with E-state index in [1.807, 2.05) is 24.3 Å². The highest BCUT2D eigenvalue weighted by Crippen LogP contribution is 2.18. The van der Waals surface area contributed by atoms with Gasteiger partial charge in [-0.25, -0.2) is 4.39 Å². The van der Waals surface area contributed by atoms with Gasteiger partial charge in [0.2, 0.25) is 0 Å². The number of halogens is 1. The fraction of sp³-hybridized carbons (Fsp3) is 0.0667. The summed E-state index contributed by atoms with van der Waals surface area (Å²) < 4.78 is 18.0. The molecule has 3 aromatic rings. The lowest BCUT2D eigenvalue weighted by atomic mass is 10.1. The molecule has 1 heterocycles. The molecular formula is C15H12FN3O. The van der Waals surface area contributed by atoms with Crippen LogP contribution in [-0.4, -0.2) is 10.1 Å². The minimum atomic E-state index is -0.296. The van der Waals surface area contributed by atoms with Crippen molar-refractivity contribution < 1.29 is 8.91 Å². The van der Waals surface area contributed by atoms with Gasteiger partial charge in [0.05, 0.1) is 0 Å². The Bertz CT molecular complexity index is 705. The van der Waals surface area contributed by atoms with E-state index in [1.165, 1.54) is 12.1 Å². The number of hydrogen-bond acceptors (Lipinski definition) is 4. The zero-order chi connectivity index (χ0) is 13.9. The zero-order valence-electron chi connectivity index (χ0n) is 10.6. The van der Waals surface area contributed by atoms with Crippen LogP contribution in [0.15, 0.2) is 53.1 Å². The maximum absolute atomic E-state index is 12.9. The van der Waals surface area contributed by atoms with Gasteiger partial charge in [0.25, 0.3) is 5.89 Å². The third-order valence-corrected chi connectivity index (χ3v) is 2.90. The molecule has 4 nitrogen and oxygen atoms in total. The molecule has 0 radical (unpaired) electrons. The normalized spacial score (nSPS) is 10.7. The number of hydrogen-bond donors (Lipinski definition) is 1. The van der Waals surface area contributed by atoms with E-state index < -0.39 is 0 Å². The Hall–Kier alpha value is -2.69. The Morgan fingerprint density at radius 2 is 1.70 bits per heavy atom. The predicted molar refractivity (Wildman–Crippen MR) is 73.4 cm³/mol. The Labute approximate surface area is 115 Å². The van der Waals surface area contributed by atoms with Crippen LogP contribution in [0, 0.1) is 5.82 Å². The van der Waals surface area contributed by atoms with E-state index in [-0.39, 0.29) is 5.82 Å². The molecule has 3 rings (SSSR count). The van der Waals surface area contributed by atoms with Gasteiger partial charge < -0.3 is 10.3 Å². The summed E-state index contributed by atoms with van der Waals surface area (Å²) in [6, 6.07) is 13.4. The van der Waals surface area contributed by atoms with Gasteiger partial charge in [0.1, 0.15) is 5.82 Å². The largest absolute Gasteiger partial charge is 0.399 e. The van der Waals surface area contributed by atoms with Gasteiger partial charge in [-0.1, -0.05) is 17.3 Å². The fourth-order valence-corrected chi connectivity index (χ4v) is 1.85. The number of nitrogen functional groups attached to an aromatic ring is 1. The first kappa shape index (κ1) is 12.3. The maximum Gasteiger partial charge on any atom is 0.257 e. The van der Waals surface area contributed by atoms with Crippen molar-refractivity contribution in [2.45, 2.75) is 6.42 Å². The summed E-state index contributed by atoms with van der Waals surface area (Å²) in [5.41, 5.74) is 8.09. The van der Waals surface area contributed by atoms with Crippen LogP contribution in [0.5, 0.6) is 0 Å². The molecule has 0 spiro atoms. The summed E-state index contributed by atoms with van der Waals surface area (Å²) in [6.07, 6.45) is 0.560. The molecule has 0 amide bonds. The van der Waals surface area contributed by atoms with Crippen molar-refractivity contribution in [1.29, 1.82) is 0 Å². The molecule has 0 saturated carbocycles. The minimum absolute atomic E-state index is 0.296. The van der Waals surface area contributed by atoms with Gasteiger partial charge in [-0.15, -0.1) is 0 Å². The van der Waals surface area contributed by atoms with Crippen molar-refractivity contribution in [3.63, 3.8) is 0 Å². The second kappa shape index (κ2) is 5.13. The SMILES string of the molecule is Nc1ccc(Cc2noc(-c3ccc(F)cc3)n2)cc1. The van der Waals surface area contributed by atoms with E-state index in [2.05, 4.69) is 10.1 Å². The van der Waals surface area contributed by atoms with Gasteiger partial charge in [-0.05, 0) is 42.0 Å². The molecule has 0 bridgehead atoms. The predicted octanol–water partition coefficient (Wildman–Crippen LogP) is 3.05. The summed E-state index contributed by atoms with van der Waals surface area (Å²) in [7, 11) is 0. The first-order valence-electron chi connectivity index (χ1n) is 6.14. The quantitative estimate of drug-likeness (QED) is 0.742. The number of nitrogens with zero attached hydrogens (tertiary/aromatic N) is 2. The van der Waals surface area contributed by atoms with Crippen LogP contribution >= 0.6 is 0 Å². The molecule has 0 fully saturated rings. The van der Waals surface area contributed by atoms with Gasteiger partial charge in [-0.2, -0.15) is 4.98 Å². The molecule has 2 aromatic carbocycles. The summed E-state index contributed by atoms with van der Waals surface area (Å²) >= 11 is 0. The van der Waals surface area contributed by atoms with E-state index in [1.54, 1.807) is 12.1 Å². The second-order valence-electron chi connectivity index (χ2n) is 4.44. The van der Waals surface area contributed by atoms with Crippen LogP contribution in [0.1, 0.15) is 11.4 Å². The molecule has 0 aliphatic carbocycles. The summed E-state index contributed by atoms with van der Waals surface area (Å²) in [4.78, 5) is 4.30. The molecule has 2 N–H and O–H groups in total. The van der Waals surface area contributed by atoms with Crippen LogP contribution in [0.3, 0.4) is 0 Å². The average molecular weight is 269 g/mol. The van der Waals surface area contributed by atoms with Crippen LogP contribution in [-0.2, 0) is 6.42 Å². The molecule has 0 unspecified atom stereocenters. The topological polar surface area (TPSA) is 64.9 Å². The van der Waals surface area contributed by atoms with Crippen molar-refractivity contribution in [2.75, 3.05) is 5.73 Å². The summed E-state index contributed by atoms with van der Waals surface area (Å²) in [6.45, 7) is 0. The van der Waals surface area contributed by atoms with Crippen LogP contribution in [0.2, 0.25) is 0 Å². The maximum atomic E-state index is 12.9. The van der Waals surface area contributed by atoms with Crippen LogP contribution < -0.4 is 5.73 Å². The molecule has 0 aliphatic rings. The monoisotopic (exact) mass is 269 g/mol. The number of rotatable bonds is 3. The van der Waals surface area contributed by atoms with Gasteiger partial charge in [0, 0.05) is 17.7 Å². The Kier molecular flexibility index (Phi) is 3.16. The average Bonchev–Trinajstić information content (AvgIpc) is 2.91. The van der Waals surface area contributed by atoms with Crippen LogP contribution in [0.4, 0.5) is 10.1 Å².